The molecule has 3 rings (SSSR count). The molecule has 0 unspecified atom stereocenters. The Bertz CT molecular complexity index is 699. The second kappa shape index (κ2) is 8.16. The van der Waals surface area contributed by atoms with Crippen molar-refractivity contribution in [1.29, 1.82) is 0 Å². The van der Waals surface area contributed by atoms with Crippen LogP contribution in [0.1, 0.15) is 18.9 Å². The lowest BCUT2D eigenvalue weighted by atomic mass is 10.1. The molecule has 1 saturated heterocycles. The molecule has 6 nitrogen and oxygen atoms in total. The van der Waals surface area contributed by atoms with Crippen LogP contribution in [0.5, 0.6) is 0 Å². The number of amides is 2. The summed E-state index contributed by atoms with van der Waals surface area (Å²) in [4.78, 5) is 14.3. The molecule has 1 aromatic heterocycles. The van der Waals surface area contributed by atoms with Gasteiger partial charge in [-0.25, -0.2) is 4.79 Å². The Morgan fingerprint density at radius 3 is 2.92 bits per heavy atom. The molecular weight excluding hydrogens is 316 g/mol. The van der Waals surface area contributed by atoms with Crippen molar-refractivity contribution in [3.63, 3.8) is 0 Å². The highest BCUT2D eigenvalue weighted by molar-refractivity contribution is 5.75. The van der Waals surface area contributed by atoms with E-state index in [2.05, 4.69) is 10.4 Å². The first-order valence-electron chi connectivity index (χ1n) is 8.85. The van der Waals surface area contributed by atoms with Crippen LogP contribution in [0, 0.1) is 5.92 Å². The van der Waals surface area contributed by atoms with Gasteiger partial charge >= 0.3 is 6.03 Å². The Morgan fingerprint density at radius 2 is 2.16 bits per heavy atom. The minimum Gasteiger partial charge on any atom is -0.381 e. The predicted octanol–water partition coefficient (Wildman–Crippen LogP) is 2.66. The smallest absolute Gasteiger partial charge is 0.317 e. The fourth-order valence-corrected chi connectivity index (χ4v) is 3.23. The number of carbonyl (C=O) groups is 1. The Hall–Kier alpha value is -2.34. The molecule has 1 N–H and O–H groups in total. The van der Waals surface area contributed by atoms with Gasteiger partial charge in [0.05, 0.1) is 12.3 Å². The summed E-state index contributed by atoms with van der Waals surface area (Å²) in [5.41, 5.74) is 3.00. The molecule has 6 heteroatoms. The average molecular weight is 342 g/mol. The molecule has 0 bridgehead atoms. The number of hydrogen-bond donors (Lipinski definition) is 1. The van der Waals surface area contributed by atoms with Gasteiger partial charge in [-0.1, -0.05) is 30.3 Å². The van der Waals surface area contributed by atoms with Crippen LogP contribution < -0.4 is 5.32 Å². The summed E-state index contributed by atoms with van der Waals surface area (Å²) >= 11 is 0. The van der Waals surface area contributed by atoms with Crippen LogP contribution >= 0.6 is 0 Å². The minimum absolute atomic E-state index is 0.0122. The monoisotopic (exact) mass is 342 g/mol. The number of nitrogens with zero attached hydrogens (tertiary/aromatic N) is 3. The first-order valence-corrected chi connectivity index (χ1v) is 8.85. The van der Waals surface area contributed by atoms with Gasteiger partial charge in [0, 0.05) is 56.5 Å². The molecule has 1 atom stereocenters. The maximum atomic E-state index is 12.4. The van der Waals surface area contributed by atoms with Crippen LogP contribution in [0.15, 0.2) is 36.5 Å². The van der Waals surface area contributed by atoms with E-state index in [0.29, 0.717) is 12.5 Å². The lowest BCUT2D eigenvalue weighted by molar-refractivity contribution is 0.113. The van der Waals surface area contributed by atoms with Crippen molar-refractivity contribution in [3.05, 3.63) is 42.1 Å². The van der Waals surface area contributed by atoms with E-state index in [1.54, 1.807) is 4.68 Å². The normalized spacial score (nSPS) is 17.0. The van der Waals surface area contributed by atoms with E-state index in [1.165, 1.54) is 0 Å². The van der Waals surface area contributed by atoms with Gasteiger partial charge in [0.1, 0.15) is 0 Å². The van der Waals surface area contributed by atoms with Crippen LogP contribution in [0.25, 0.3) is 11.3 Å². The van der Waals surface area contributed by atoms with Crippen LogP contribution in [-0.2, 0) is 18.3 Å². The number of benzene rings is 1. The molecule has 2 heterocycles. The zero-order valence-electron chi connectivity index (χ0n) is 14.9. The van der Waals surface area contributed by atoms with Crippen LogP contribution in [0.4, 0.5) is 4.79 Å². The molecule has 1 fully saturated rings. The van der Waals surface area contributed by atoms with Crippen molar-refractivity contribution in [2.75, 3.05) is 26.3 Å². The molecule has 1 aromatic carbocycles. The van der Waals surface area contributed by atoms with Crippen molar-refractivity contribution < 1.29 is 9.53 Å². The largest absolute Gasteiger partial charge is 0.381 e. The average Bonchev–Trinajstić information content (AvgIpc) is 3.25. The van der Waals surface area contributed by atoms with Gasteiger partial charge in [0.15, 0.2) is 0 Å². The minimum atomic E-state index is -0.0122. The Balaban J connectivity index is 1.58. The van der Waals surface area contributed by atoms with Gasteiger partial charge in [0.25, 0.3) is 0 Å². The molecule has 2 amide bonds. The highest BCUT2D eigenvalue weighted by Crippen LogP contribution is 2.22. The fraction of sp³-hybridized carbons (Fsp3) is 0.474. The van der Waals surface area contributed by atoms with E-state index >= 15 is 0 Å². The summed E-state index contributed by atoms with van der Waals surface area (Å²) in [6.45, 7) is 5.50. The summed E-state index contributed by atoms with van der Waals surface area (Å²) in [6.07, 6.45) is 2.97. The summed E-state index contributed by atoms with van der Waals surface area (Å²) in [5.74, 6) is 0.448. The number of ether oxygens (including phenoxy) is 1. The molecule has 0 aliphatic carbocycles. The molecule has 25 heavy (non-hydrogen) atoms. The molecule has 1 aliphatic rings. The number of aryl methyl sites for hydroxylation is 1. The Morgan fingerprint density at radius 1 is 1.36 bits per heavy atom. The zero-order chi connectivity index (χ0) is 17.6. The number of aromatic nitrogens is 2. The molecule has 0 radical (unpaired) electrons. The van der Waals surface area contributed by atoms with E-state index in [4.69, 9.17) is 4.74 Å². The number of carbonyl (C=O) groups excluding carboxylic acids is 1. The third-order valence-electron chi connectivity index (χ3n) is 4.51. The third-order valence-corrected chi connectivity index (χ3v) is 4.51. The predicted molar refractivity (Wildman–Crippen MR) is 97.1 cm³/mol. The number of hydrogen-bond acceptors (Lipinski definition) is 3. The highest BCUT2D eigenvalue weighted by atomic mass is 16.5. The van der Waals surface area contributed by atoms with Gasteiger partial charge in [-0.15, -0.1) is 0 Å². The molecule has 1 aliphatic heterocycles. The standard InChI is InChI=1S/C19H26N4O2/c1-3-25-14-15-9-10-23(12-15)19(24)20-11-17-13-22(2)21-18(17)16-7-5-4-6-8-16/h4-8,13,15H,3,9-12,14H2,1-2H3,(H,20,24)/t15-/m1/s1. The molecule has 0 spiro atoms. The summed E-state index contributed by atoms with van der Waals surface area (Å²) in [5, 5.41) is 7.57. The maximum Gasteiger partial charge on any atom is 0.317 e. The number of likely N-dealkylation sites (tertiary alicyclic amines) is 1. The SMILES string of the molecule is CCOC[C@@H]1CCN(C(=O)NCc2cn(C)nc2-c2ccccc2)C1. The lowest BCUT2D eigenvalue weighted by Crippen LogP contribution is -2.38. The molecular formula is C19H26N4O2. The quantitative estimate of drug-likeness (QED) is 0.878. The van der Waals surface area contributed by atoms with E-state index in [9.17, 15) is 4.79 Å². The van der Waals surface area contributed by atoms with Crippen LogP contribution in [0.2, 0.25) is 0 Å². The summed E-state index contributed by atoms with van der Waals surface area (Å²) in [6, 6.07) is 10.0. The molecule has 0 saturated carbocycles. The zero-order valence-corrected chi connectivity index (χ0v) is 14.9. The van der Waals surface area contributed by atoms with Crippen LogP contribution in [0.3, 0.4) is 0 Å². The number of nitrogens with one attached hydrogen (secondary N) is 1. The van der Waals surface area contributed by atoms with E-state index < -0.39 is 0 Å². The lowest BCUT2D eigenvalue weighted by Gasteiger charge is -2.17. The fourth-order valence-electron chi connectivity index (χ4n) is 3.23. The van der Waals surface area contributed by atoms with E-state index in [-0.39, 0.29) is 6.03 Å². The Labute approximate surface area is 148 Å². The van der Waals surface area contributed by atoms with Crippen molar-refractivity contribution in [1.82, 2.24) is 20.0 Å². The van der Waals surface area contributed by atoms with Crippen molar-refractivity contribution in [2.24, 2.45) is 13.0 Å². The summed E-state index contributed by atoms with van der Waals surface area (Å²) < 4.78 is 7.26. The van der Waals surface area contributed by atoms with Gasteiger partial charge in [-0.05, 0) is 13.3 Å². The molecule has 2 aromatic rings. The van der Waals surface area contributed by atoms with Gasteiger partial charge < -0.3 is 15.0 Å². The van der Waals surface area contributed by atoms with Crippen LogP contribution in [-0.4, -0.2) is 47.0 Å². The first kappa shape index (κ1) is 17.5. The van der Waals surface area contributed by atoms with Gasteiger partial charge in [-0.2, -0.15) is 5.10 Å². The second-order valence-corrected chi connectivity index (χ2v) is 6.46. The van der Waals surface area contributed by atoms with Crippen molar-refractivity contribution in [2.45, 2.75) is 19.9 Å². The number of urea groups is 1. The topological polar surface area (TPSA) is 59.4 Å². The van der Waals surface area contributed by atoms with Crippen molar-refractivity contribution >= 4 is 6.03 Å². The number of rotatable bonds is 6. The van der Waals surface area contributed by atoms with E-state index in [1.807, 2.05) is 55.4 Å². The van der Waals surface area contributed by atoms with E-state index in [0.717, 1.165) is 49.5 Å². The van der Waals surface area contributed by atoms with Crippen molar-refractivity contribution in [3.8, 4) is 11.3 Å². The Kier molecular flexibility index (Phi) is 5.71. The first-order chi connectivity index (χ1) is 12.2. The van der Waals surface area contributed by atoms with Gasteiger partial charge in [-0.3, -0.25) is 4.68 Å². The third kappa shape index (κ3) is 4.39. The second-order valence-electron chi connectivity index (χ2n) is 6.46. The summed E-state index contributed by atoms with van der Waals surface area (Å²) in [7, 11) is 1.90. The van der Waals surface area contributed by atoms with Gasteiger partial charge in [0.2, 0.25) is 0 Å². The maximum absolute atomic E-state index is 12.4. The highest BCUT2D eigenvalue weighted by Gasteiger charge is 2.26. The molecule has 134 valence electrons.